The number of ether oxygens (including phenoxy) is 1. The fourth-order valence-electron chi connectivity index (χ4n) is 7.09. The van der Waals surface area contributed by atoms with Gasteiger partial charge in [-0.05, 0) is 67.3 Å². The van der Waals surface area contributed by atoms with Crippen LogP contribution in [-0.4, -0.2) is 14.7 Å². The first-order valence-corrected chi connectivity index (χ1v) is 18.8. The van der Waals surface area contributed by atoms with E-state index >= 15 is 0 Å². The highest BCUT2D eigenvalue weighted by Gasteiger charge is 2.49. The SMILES string of the molecule is C=CCOc1c(C(C)(C)C)cc(C)cc1[Si](C)(c1ccccc1)C1c2cc(C(C)(C)C)ccc2-c2ccc(C(C)(C)C)cc21. The quantitative estimate of drug-likeness (QED) is 0.158. The molecule has 5 rings (SSSR count). The summed E-state index contributed by atoms with van der Waals surface area (Å²) in [5.41, 5.74) is 11.3. The Kier molecular flexibility index (Phi) is 8.17. The molecule has 0 heterocycles. The van der Waals surface area contributed by atoms with Crippen molar-refractivity contribution in [3.63, 3.8) is 0 Å². The topological polar surface area (TPSA) is 9.23 Å². The van der Waals surface area contributed by atoms with Gasteiger partial charge in [0.15, 0.2) is 0 Å². The lowest BCUT2D eigenvalue weighted by atomic mass is 9.85. The predicted octanol–water partition coefficient (Wildman–Crippen LogP) is 10.00. The van der Waals surface area contributed by atoms with E-state index in [0.717, 1.165) is 5.75 Å². The molecule has 0 N–H and O–H groups in total. The van der Waals surface area contributed by atoms with Crippen LogP contribution in [0.3, 0.4) is 0 Å². The van der Waals surface area contributed by atoms with Crippen LogP contribution in [0.5, 0.6) is 5.75 Å². The second kappa shape index (κ2) is 11.2. The highest BCUT2D eigenvalue weighted by Crippen LogP contribution is 2.51. The van der Waals surface area contributed by atoms with Crippen molar-refractivity contribution < 1.29 is 4.74 Å². The van der Waals surface area contributed by atoms with Gasteiger partial charge in [-0.1, -0.05) is 171 Å². The predicted molar refractivity (Wildman–Crippen MR) is 194 cm³/mol. The van der Waals surface area contributed by atoms with Crippen molar-refractivity contribution in [3.8, 4) is 16.9 Å². The molecule has 44 heavy (non-hydrogen) atoms. The fraction of sp³-hybridized carbons (Fsp3) is 0.381. The van der Waals surface area contributed by atoms with Gasteiger partial charge >= 0.3 is 0 Å². The molecule has 1 nitrogen and oxygen atoms in total. The van der Waals surface area contributed by atoms with Crippen LogP contribution in [0.25, 0.3) is 11.1 Å². The maximum atomic E-state index is 6.77. The zero-order valence-electron chi connectivity index (χ0n) is 29.0. The smallest absolute Gasteiger partial charge is 0.131 e. The lowest BCUT2D eigenvalue weighted by molar-refractivity contribution is 0.353. The van der Waals surface area contributed by atoms with Crippen molar-refractivity contribution >= 4 is 18.4 Å². The second-order valence-electron chi connectivity index (χ2n) is 16.1. The third kappa shape index (κ3) is 5.63. The molecule has 0 radical (unpaired) electrons. The highest BCUT2D eigenvalue weighted by molar-refractivity contribution is 7.03. The van der Waals surface area contributed by atoms with E-state index in [1.54, 1.807) is 0 Å². The molecule has 1 aliphatic carbocycles. The van der Waals surface area contributed by atoms with Gasteiger partial charge in [0, 0.05) is 5.54 Å². The Morgan fingerprint density at radius 2 is 1.23 bits per heavy atom. The molecule has 1 aliphatic rings. The summed E-state index contributed by atoms with van der Waals surface area (Å²) in [6.45, 7) is 30.2. The molecule has 4 aromatic carbocycles. The van der Waals surface area contributed by atoms with E-state index in [9.17, 15) is 0 Å². The summed E-state index contributed by atoms with van der Waals surface area (Å²) in [4.78, 5) is 0. The number of benzene rings is 4. The molecule has 0 fully saturated rings. The van der Waals surface area contributed by atoms with Gasteiger partial charge < -0.3 is 4.74 Å². The second-order valence-corrected chi connectivity index (χ2v) is 20.2. The van der Waals surface area contributed by atoms with E-state index in [4.69, 9.17) is 4.74 Å². The number of fused-ring (bicyclic) bond motifs is 3. The highest BCUT2D eigenvalue weighted by atomic mass is 28.3. The van der Waals surface area contributed by atoms with E-state index < -0.39 is 8.07 Å². The molecule has 0 amide bonds. The minimum Gasteiger partial charge on any atom is -0.489 e. The molecule has 1 unspecified atom stereocenters. The summed E-state index contributed by atoms with van der Waals surface area (Å²) in [6.07, 6.45) is 1.88. The van der Waals surface area contributed by atoms with Crippen LogP contribution in [0.1, 0.15) is 101 Å². The zero-order chi connectivity index (χ0) is 32.2. The van der Waals surface area contributed by atoms with Crippen LogP contribution in [0.15, 0.2) is 91.5 Å². The van der Waals surface area contributed by atoms with E-state index in [1.807, 2.05) is 6.08 Å². The van der Waals surface area contributed by atoms with Gasteiger partial charge in [0.2, 0.25) is 0 Å². The van der Waals surface area contributed by atoms with Gasteiger partial charge in [0.25, 0.3) is 0 Å². The summed E-state index contributed by atoms with van der Waals surface area (Å²) in [6, 6.07) is 30.7. The Morgan fingerprint density at radius 3 is 1.68 bits per heavy atom. The van der Waals surface area contributed by atoms with Gasteiger partial charge in [0.1, 0.15) is 20.4 Å². The van der Waals surface area contributed by atoms with Crippen molar-refractivity contribution in [2.75, 3.05) is 6.61 Å². The Balaban J connectivity index is 1.95. The Bertz CT molecular complexity index is 1630. The van der Waals surface area contributed by atoms with Gasteiger partial charge in [-0.2, -0.15) is 0 Å². The first kappa shape index (κ1) is 32.0. The molecule has 4 aromatic rings. The number of rotatable bonds is 6. The normalized spacial score (nSPS) is 15.0. The fourth-order valence-corrected chi connectivity index (χ4v) is 11.9. The van der Waals surface area contributed by atoms with E-state index in [-0.39, 0.29) is 21.8 Å². The van der Waals surface area contributed by atoms with Crippen LogP contribution in [-0.2, 0) is 16.2 Å². The molecular formula is C42H52OSi. The van der Waals surface area contributed by atoms with E-state index in [1.165, 1.54) is 54.9 Å². The molecule has 0 bridgehead atoms. The number of hydrogen-bond acceptors (Lipinski definition) is 1. The van der Waals surface area contributed by atoms with Crippen molar-refractivity contribution in [2.24, 2.45) is 0 Å². The molecule has 0 spiro atoms. The summed E-state index contributed by atoms with van der Waals surface area (Å²) < 4.78 is 6.77. The third-order valence-electron chi connectivity index (χ3n) is 9.64. The van der Waals surface area contributed by atoms with Crippen molar-refractivity contribution in [1.29, 1.82) is 0 Å². The van der Waals surface area contributed by atoms with Gasteiger partial charge in [0.05, 0.1) is 0 Å². The maximum Gasteiger partial charge on any atom is 0.131 e. The molecule has 230 valence electrons. The largest absolute Gasteiger partial charge is 0.489 e. The molecular weight excluding hydrogens is 549 g/mol. The lowest BCUT2D eigenvalue weighted by Gasteiger charge is -2.39. The molecule has 0 aromatic heterocycles. The summed E-state index contributed by atoms with van der Waals surface area (Å²) in [5, 5.41) is 2.81. The van der Waals surface area contributed by atoms with Crippen LogP contribution in [0, 0.1) is 6.92 Å². The summed E-state index contributed by atoms with van der Waals surface area (Å²) in [5.74, 6) is 1.05. The van der Waals surface area contributed by atoms with Crippen molar-refractivity contribution in [1.82, 2.24) is 0 Å². The zero-order valence-corrected chi connectivity index (χ0v) is 30.0. The summed E-state index contributed by atoms with van der Waals surface area (Å²) >= 11 is 0. The molecule has 2 heteroatoms. The third-order valence-corrected chi connectivity index (χ3v) is 14.4. The van der Waals surface area contributed by atoms with Crippen molar-refractivity contribution in [2.45, 2.75) is 97.6 Å². The molecule has 0 saturated heterocycles. The Morgan fingerprint density at radius 1 is 0.705 bits per heavy atom. The van der Waals surface area contributed by atoms with Crippen LogP contribution in [0.4, 0.5) is 0 Å². The molecule has 0 aliphatic heterocycles. The first-order valence-electron chi connectivity index (χ1n) is 16.2. The minimum absolute atomic E-state index is 0.0522. The van der Waals surface area contributed by atoms with Gasteiger partial charge in [-0.3, -0.25) is 0 Å². The summed E-state index contributed by atoms with van der Waals surface area (Å²) in [7, 11) is -2.63. The maximum absolute atomic E-state index is 6.77. The first-order chi connectivity index (χ1) is 20.5. The average molecular weight is 601 g/mol. The minimum atomic E-state index is -2.63. The Labute approximate surface area is 268 Å². The molecule has 0 saturated carbocycles. The van der Waals surface area contributed by atoms with Crippen LogP contribution in [0.2, 0.25) is 6.55 Å². The molecule has 1 atom stereocenters. The number of hydrogen-bond donors (Lipinski definition) is 0. The van der Waals surface area contributed by atoms with Crippen LogP contribution >= 0.6 is 0 Å². The monoisotopic (exact) mass is 600 g/mol. The van der Waals surface area contributed by atoms with Crippen molar-refractivity contribution in [3.05, 3.63) is 125 Å². The average Bonchev–Trinajstić information content (AvgIpc) is 3.28. The van der Waals surface area contributed by atoms with Gasteiger partial charge in [-0.15, -0.1) is 0 Å². The number of aryl methyl sites for hydroxylation is 1. The van der Waals surface area contributed by atoms with Gasteiger partial charge in [-0.25, -0.2) is 0 Å². The van der Waals surface area contributed by atoms with E-state index in [0.29, 0.717) is 6.61 Å². The lowest BCUT2D eigenvalue weighted by Crippen LogP contribution is -2.61. The van der Waals surface area contributed by atoms with Crippen LogP contribution < -0.4 is 15.1 Å². The Hall–Kier alpha value is -3.36. The van der Waals surface area contributed by atoms with E-state index in [2.05, 4.69) is 161 Å². The standard InChI is InChI=1S/C42H52OSi/c1-13-23-43-38-36(42(9,10)11)24-28(2)25-37(38)44(12,31-17-15-14-16-18-31)39-34-26-29(40(3,4)5)19-21-32(34)33-22-20-30(27-35(33)39)41(6,7)8/h13-22,24-27,39H,1,23H2,2-12H3.